The number of nitrogens with one attached hydrogen (secondary N) is 1. The molecule has 1 amide bonds. The van der Waals surface area contributed by atoms with Crippen LogP contribution in [0.4, 0.5) is 0 Å². The van der Waals surface area contributed by atoms with Crippen LogP contribution in [0.1, 0.15) is 24.8 Å². The third-order valence-electron chi connectivity index (χ3n) is 5.06. The number of H-pyrrole nitrogens is 1. The van der Waals surface area contributed by atoms with Crippen LogP contribution in [0.3, 0.4) is 0 Å². The molecular formula is C20H22N4OS2. The Morgan fingerprint density at radius 3 is 2.89 bits per heavy atom. The Morgan fingerprint density at radius 2 is 2.11 bits per heavy atom. The first-order valence-corrected chi connectivity index (χ1v) is 10.5. The van der Waals surface area contributed by atoms with E-state index in [0.29, 0.717) is 23.8 Å². The predicted molar refractivity (Wildman–Crippen MR) is 110 cm³/mol. The van der Waals surface area contributed by atoms with Crippen molar-refractivity contribution in [3.05, 3.63) is 58.2 Å². The zero-order valence-corrected chi connectivity index (χ0v) is 16.6. The summed E-state index contributed by atoms with van der Waals surface area (Å²) in [6, 6.07) is 14.7. The standard InChI is InChI=1S/C20H22N4OS2/c25-18(23-11-4-8-16(23)14-15-6-2-1-3-7-15)10-12-24-19(21-22-20(24)26)17-9-5-13-27-17/h1-3,5-7,9,13,16H,4,8,10-12,14H2,(H,22,26). The Morgan fingerprint density at radius 1 is 1.26 bits per heavy atom. The summed E-state index contributed by atoms with van der Waals surface area (Å²) < 4.78 is 2.50. The van der Waals surface area contributed by atoms with Crippen LogP contribution in [-0.4, -0.2) is 38.2 Å². The van der Waals surface area contributed by atoms with Crippen LogP contribution in [-0.2, 0) is 17.8 Å². The third kappa shape index (κ3) is 4.04. The highest BCUT2D eigenvalue weighted by molar-refractivity contribution is 7.71. The molecule has 1 saturated heterocycles. The summed E-state index contributed by atoms with van der Waals surface area (Å²) in [5, 5.41) is 9.21. The number of amides is 1. The summed E-state index contributed by atoms with van der Waals surface area (Å²) >= 11 is 6.99. The van der Waals surface area contributed by atoms with Gasteiger partial charge in [0.15, 0.2) is 10.6 Å². The number of thiophene rings is 1. The summed E-state index contributed by atoms with van der Waals surface area (Å²) in [5.41, 5.74) is 1.29. The van der Waals surface area contributed by atoms with Crippen molar-refractivity contribution in [2.24, 2.45) is 0 Å². The van der Waals surface area contributed by atoms with Crippen LogP contribution >= 0.6 is 23.6 Å². The van der Waals surface area contributed by atoms with Crippen LogP contribution in [0.5, 0.6) is 0 Å². The highest BCUT2D eigenvalue weighted by Crippen LogP contribution is 2.25. The molecule has 5 nitrogen and oxygen atoms in total. The van der Waals surface area contributed by atoms with Gasteiger partial charge < -0.3 is 4.90 Å². The Bertz CT molecular complexity index is 946. The van der Waals surface area contributed by atoms with Gasteiger partial charge in [-0.2, -0.15) is 5.10 Å². The highest BCUT2D eigenvalue weighted by Gasteiger charge is 2.28. The van der Waals surface area contributed by atoms with Crippen LogP contribution in [0.2, 0.25) is 0 Å². The summed E-state index contributed by atoms with van der Waals surface area (Å²) in [5.74, 6) is 1.01. The normalized spacial score (nSPS) is 16.7. The molecule has 1 fully saturated rings. The molecule has 0 radical (unpaired) electrons. The van der Waals surface area contributed by atoms with Crippen molar-refractivity contribution in [1.82, 2.24) is 19.7 Å². The molecule has 2 aromatic heterocycles. The molecule has 0 saturated carbocycles. The van der Waals surface area contributed by atoms with E-state index in [-0.39, 0.29) is 5.91 Å². The lowest BCUT2D eigenvalue weighted by Crippen LogP contribution is -2.37. The first-order chi connectivity index (χ1) is 13.2. The first kappa shape index (κ1) is 18.1. The van der Waals surface area contributed by atoms with Gasteiger partial charge in [0, 0.05) is 25.6 Å². The number of carbonyl (C=O) groups is 1. The monoisotopic (exact) mass is 398 g/mol. The maximum absolute atomic E-state index is 12.9. The predicted octanol–water partition coefficient (Wildman–Crippen LogP) is 4.29. The van der Waals surface area contributed by atoms with E-state index in [1.165, 1.54) is 5.56 Å². The smallest absolute Gasteiger partial charge is 0.224 e. The van der Waals surface area contributed by atoms with E-state index < -0.39 is 0 Å². The fourth-order valence-electron chi connectivity index (χ4n) is 3.73. The van der Waals surface area contributed by atoms with Gasteiger partial charge in [0.05, 0.1) is 4.88 Å². The average molecular weight is 399 g/mol. The maximum atomic E-state index is 12.9. The largest absolute Gasteiger partial charge is 0.339 e. The summed E-state index contributed by atoms with van der Waals surface area (Å²) in [4.78, 5) is 16.0. The number of hydrogen-bond acceptors (Lipinski definition) is 4. The Kier molecular flexibility index (Phi) is 5.50. The quantitative estimate of drug-likeness (QED) is 0.630. The van der Waals surface area contributed by atoms with Gasteiger partial charge in [0.2, 0.25) is 5.91 Å². The molecule has 27 heavy (non-hydrogen) atoms. The summed E-state index contributed by atoms with van der Waals surface area (Å²) in [6.07, 6.45) is 3.52. The lowest BCUT2D eigenvalue weighted by atomic mass is 10.0. The lowest BCUT2D eigenvalue weighted by molar-refractivity contribution is -0.132. The van der Waals surface area contributed by atoms with Crippen LogP contribution in [0.25, 0.3) is 10.7 Å². The zero-order valence-electron chi connectivity index (χ0n) is 15.0. The van der Waals surface area contributed by atoms with Gasteiger partial charge in [0.25, 0.3) is 0 Å². The molecular weight excluding hydrogens is 376 g/mol. The van der Waals surface area contributed by atoms with Crippen LogP contribution < -0.4 is 0 Å². The van der Waals surface area contributed by atoms with Crippen LogP contribution in [0, 0.1) is 4.77 Å². The summed E-state index contributed by atoms with van der Waals surface area (Å²) in [7, 11) is 0. The van der Waals surface area contributed by atoms with E-state index >= 15 is 0 Å². The minimum absolute atomic E-state index is 0.202. The van der Waals surface area contributed by atoms with E-state index in [0.717, 1.165) is 36.5 Å². The van der Waals surface area contributed by atoms with Gasteiger partial charge in [-0.1, -0.05) is 36.4 Å². The van der Waals surface area contributed by atoms with E-state index in [1.807, 2.05) is 28.1 Å². The number of likely N-dealkylation sites (tertiary alicyclic amines) is 1. The number of benzene rings is 1. The molecule has 1 aliphatic heterocycles. The number of nitrogens with zero attached hydrogens (tertiary/aromatic N) is 3. The fraction of sp³-hybridized carbons (Fsp3) is 0.350. The highest BCUT2D eigenvalue weighted by atomic mass is 32.1. The molecule has 1 aromatic carbocycles. The Hall–Kier alpha value is -2.25. The number of rotatable bonds is 6. The van der Waals surface area contributed by atoms with Gasteiger partial charge in [-0.15, -0.1) is 11.3 Å². The fourth-order valence-corrected chi connectivity index (χ4v) is 4.68. The van der Waals surface area contributed by atoms with Gasteiger partial charge >= 0.3 is 0 Å². The SMILES string of the molecule is O=C(CCn1c(-c2cccs2)n[nH]c1=S)N1CCCC1Cc1ccccc1. The summed E-state index contributed by atoms with van der Waals surface area (Å²) in [6.45, 7) is 1.40. The number of hydrogen-bond donors (Lipinski definition) is 1. The van der Waals surface area contributed by atoms with E-state index in [9.17, 15) is 4.79 Å². The Balaban J connectivity index is 1.42. The minimum atomic E-state index is 0.202. The maximum Gasteiger partial charge on any atom is 0.224 e. The van der Waals surface area contributed by atoms with E-state index in [1.54, 1.807) is 11.3 Å². The Labute approximate surface area is 167 Å². The molecule has 0 spiro atoms. The van der Waals surface area contributed by atoms with Gasteiger partial charge in [0.1, 0.15) is 0 Å². The van der Waals surface area contributed by atoms with Crippen molar-refractivity contribution in [3.63, 3.8) is 0 Å². The van der Waals surface area contributed by atoms with Gasteiger partial charge in [-0.3, -0.25) is 14.5 Å². The molecule has 7 heteroatoms. The zero-order chi connectivity index (χ0) is 18.6. The van der Waals surface area contributed by atoms with Crippen molar-refractivity contribution in [1.29, 1.82) is 0 Å². The molecule has 1 aliphatic rings. The topological polar surface area (TPSA) is 53.9 Å². The molecule has 3 heterocycles. The number of carbonyl (C=O) groups excluding carboxylic acids is 1. The third-order valence-corrected chi connectivity index (χ3v) is 6.24. The molecule has 0 bridgehead atoms. The number of aromatic nitrogens is 3. The lowest BCUT2D eigenvalue weighted by Gasteiger charge is -2.25. The second kappa shape index (κ2) is 8.19. The van der Waals surface area contributed by atoms with Crippen molar-refractivity contribution in [3.8, 4) is 10.7 Å². The second-order valence-corrected chi connectivity index (χ2v) is 8.14. The minimum Gasteiger partial charge on any atom is -0.339 e. The van der Waals surface area contributed by atoms with E-state index in [2.05, 4.69) is 39.4 Å². The van der Waals surface area contributed by atoms with Gasteiger partial charge in [-0.05, 0) is 48.5 Å². The first-order valence-electron chi connectivity index (χ1n) is 9.25. The second-order valence-electron chi connectivity index (χ2n) is 6.80. The van der Waals surface area contributed by atoms with Gasteiger partial charge in [-0.25, -0.2) is 0 Å². The van der Waals surface area contributed by atoms with Crippen molar-refractivity contribution in [2.45, 2.75) is 38.3 Å². The molecule has 1 N–H and O–H groups in total. The molecule has 140 valence electrons. The molecule has 0 aliphatic carbocycles. The van der Waals surface area contributed by atoms with Crippen molar-refractivity contribution < 1.29 is 4.79 Å². The van der Waals surface area contributed by atoms with Crippen molar-refractivity contribution >= 4 is 29.5 Å². The molecule has 4 rings (SSSR count). The molecule has 1 unspecified atom stereocenters. The average Bonchev–Trinajstić information content (AvgIpc) is 3.42. The molecule has 3 aromatic rings. The van der Waals surface area contributed by atoms with Crippen LogP contribution in [0.15, 0.2) is 47.8 Å². The van der Waals surface area contributed by atoms with E-state index in [4.69, 9.17) is 12.2 Å². The van der Waals surface area contributed by atoms with Crippen molar-refractivity contribution in [2.75, 3.05) is 6.54 Å². The molecule has 1 atom stereocenters. The number of aromatic amines is 1.